The first-order chi connectivity index (χ1) is 9.20. The maximum atomic E-state index is 11.3. The van der Waals surface area contributed by atoms with Gasteiger partial charge in [0.25, 0.3) is 0 Å². The SMILES string of the molecule is N#Cc1csc(CNC(C(=O)O)c2ccccc2)c1. The molecule has 4 nitrogen and oxygen atoms in total. The topological polar surface area (TPSA) is 73.1 Å². The molecule has 1 aromatic carbocycles. The van der Waals surface area contributed by atoms with Gasteiger partial charge in [0.2, 0.25) is 0 Å². The third-order valence-electron chi connectivity index (χ3n) is 2.64. The molecular formula is C14H12N2O2S. The Morgan fingerprint density at radius 3 is 2.74 bits per heavy atom. The van der Waals surface area contributed by atoms with Crippen LogP contribution < -0.4 is 5.32 Å². The summed E-state index contributed by atoms with van der Waals surface area (Å²) in [5.41, 5.74) is 1.32. The van der Waals surface area contributed by atoms with Crippen molar-refractivity contribution >= 4 is 17.3 Å². The van der Waals surface area contributed by atoms with Crippen molar-refractivity contribution in [2.24, 2.45) is 0 Å². The lowest BCUT2D eigenvalue weighted by molar-refractivity contribution is -0.139. The van der Waals surface area contributed by atoms with Gasteiger partial charge in [0.05, 0.1) is 5.56 Å². The minimum atomic E-state index is -0.914. The summed E-state index contributed by atoms with van der Waals surface area (Å²) in [5, 5.41) is 22.7. The third kappa shape index (κ3) is 3.41. The number of nitrogens with one attached hydrogen (secondary N) is 1. The predicted octanol–water partition coefficient (Wildman–Crippen LogP) is 2.54. The monoisotopic (exact) mass is 272 g/mol. The summed E-state index contributed by atoms with van der Waals surface area (Å²) >= 11 is 1.45. The van der Waals surface area contributed by atoms with Gasteiger partial charge in [-0.15, -0.1) is 11.3 Å². The van der Waals surface area contributed by atoms with E-state index in [0.29, 0.717) is 17.7 Å². The van der Waals surface area contributed by atoms with Crippen molar-refractivity contribution < 1.29 is 9.90 Å². The Balaban J connectivity index is 2.06. The molecule has 0 saturated heterocycles. The number of nitrogens with zero attached hydrogens (tertiary/aromatic N) is 1. The van der Waals surface area contributed by atoms with E-state index in [0.717, 1.165) is 4.88 Å². The molecule has 0 aliphatic rings. The van der Waals surface area contributed by atoms with Gasteiger partial charge in [-0.1, -0.05) is 30.3 Å². The quantitative estimate of drug-likeness (QED) is 0.877. The van der Waals surface area contributed by atoms with E-state index in [2.05, 4.69) is 11.4 Å². The van der Waals surface area contributed by atoms with Gasteiger partial charge in [-0.2, -0.15) is 5.26 Å². The molecule has 0 amide bonds. The van der Waals surface area contributed by atoms with Crippen LogP contribution in [0.3, 0.4) is 0 Å². The predicted molar refractivity (Wildman–Crippen MR) is 72.7 cm³/mol. The van der Waals surface area contributed by atoms with Crippen molar-refractivity contribution in [3.05, 3.63) is 57.8 Å². The summed E-state index contributed by atoms with van der Waals surface area (Å²) in [4.78, 5) is 12.2. The first-order valence-corrected chi connectivity index (χ1v) is 6.57. The fraction of sp³-hybridized carbons (Fsp3) is 0.143. The number of hydrogen-bond acceptors (Lipinski definition) is 4. The molecule has 0 saturated carbocycles. The summed E-state index contributed by atoms with van der Waals surface area (Å²) in [6.07, 6.45) is 0. The Morgan fingerprint density at radius 1 is 1.42 bits per heavy atom. The molecule has 5 heteroatoms. The fourth-order valence-electron chi connectivity index (χ4n) is 1.73. The van der Waals surface area contributed by atoms with Crippen molar-refractivity contribution in [2.45, 2.75) is 12.6 Å². The highest BCUT2D eigenvalue weighted by Gasteiger charge is 2.18. The highest BCUT2D eigenvalue weighted by molar-refractivity contribution is 7.10. The molecule has 1 unspecified atom stereocenters. The zero-order valence-corrected chi connectivity index (χ0v) is 10.9. The van der Waals surface area contributed by atoms with Gasteiger partial charge in [-0.25, -0.2) is 0 Å². The lowest BCUT2D eigenvalue weighted by atomic mass is 10.1. The van der Waals surface area contributed by atoms with Crippen LogP contribution in [0.5, 0.6) is 0 Å². The second-order valence-corrected chi connectivity index (χ2v) is 4.97. The summed E-state index contributed by atoms with van der Waals surface area (Å²) in [7, 11) is 0. The summed E-state index contributed by atoms with van der Waals surface area (Å²) < 4.78 is 0. The highest BCUT2D eigenvalue weighted by atomic mass is 32.1. The molecule has 0 aliphatic carbocycles. The maximum Gasteiger partial charge on any atom is 0.325 e. The number of rotatable bonds is 5. The van der Waals surface area contributed by atoms with Gasteiger partial charge in [-0.3, -0.25) is 10.1 Å². The van der Waals surface area contributed by atoms with Crippen molar-refractivity contribution in [2.75, 3.05) is 0 Å². The number of hydrogen-bond donors (Lipinski definition) is 2. The van der Waals surface area contributed by atoms with Gasteiger partial charge in [0.1, 0.15) is 12.1 Å². The number of aliphatic carboxylic acids is 1. The molecule has 2 rings (SSSR count). The molecule has 0 spiro atoms. The van der Waals surface area contributed by atoms with Crippen LogP contribution in [0.1, 0.15) is 22.0 Å². The molecule has 1 heterocycles. The molecular weight excluding hydrogens is 260 g/mol. The van der Waals surface area contributed by atoms with Crippen LogP contribution >= 0.6 is 11.3 Å². The minimum Gasteiger partial charge on any atom is -0.480 e. The van der Waals surface area contributed by atoms with Gasteiger partial charge in [0, 0.05) is 16.8 Å². The number of carboxylic acid groups (broad SMARTS) is 1. The third-order valence-corrected chi connectivity index (χ3v) is 3.58. The number of carboxylic acids is 1. The van der Waals surface area contributed by atoms with Crippen LogP contribution in [0.25, 0.3) is 0 Å². The van der Waals surface area contributed by atoms with E-state index in [1.807, 2.05) is 18.2 Å². The minimum absolute atomic E-state index is 0.429. The van der Waals surface area contributed by atoms with Gasteiger partial charge in [-0.05, 0) is 11.6 Å². The molecule has 0 fully saturated rings. The second-order valence-electron chi connectivity index (χ2n) is 3.98. The first kappa shape index (κ1) is 13.3. The van der Waals surface area contributed by atoms with Crippen LogP contribution in [0, 0.1) is 11.3 Å². The Labute approximate surface area is 114 Å². The molecule has 0 aliphatic heterocycles. The molecule has 1 atom stereocenters. The van der Waals surface area contributed by atoms with Crippen molar-refractivity contribution in [3.63, 3.8) is 0 Å². The number of carbonyl (C=O) groups is 1. The largest absolute Gasteiger partial charge is 0.480 e. The Hall–Kier alpha value is -2.16. The molecule has 2 N–H and O–H groups in total. The molecule has 0 bridgehead atoms. The van der Waals surface area contributed by atoms with E-state index >= 15 is 0 Å². The highest BCUT2D eigenvalue weighted by Crippen LogP contribution is 2.17. The van der Waals surface area contributed by atoms with Crippen molar-refractivity contribution in [1.29, 1.82) is 5.26 Å². The van der Waals surface area contributed by atoms with E-state index < -0.39 is 12.0 Å². The molecule has 96 valence electrons. The van der Waals surface area contributed by atoms with Crippen LogP contribution in [-0.2, 0) is 11.3 Å². The number of benzene rings is 1. The van der Waals surface area contributed by atoms with Crippen LogP contribution in [-0.4, -0.2) is 11.1 Å². The van der Waals surface area contributed by atoms with E-state index in [1.54, 1.807) is 23.6 Å². The van der Waals surface area contributed by atoms with E-state index in [-0.39, 0.29) is 0 Å². The fourth-order valence-corrected chi connectivity index (χ4v) is 2.49. The number of nitriles is 1. The summed E-state index contributed by atoms with van der Waals surface area (Å²) in [6.45, 7) is 0.429. The maximum absolute atomic E-state index is 11.3. The van der Waals surface area contributed by atoms with Crippen molar-refractivity contribution in [3.8, 4) is 6.07 Å². The van der Waals surface area contributed by atoms with Gasteiger partial charge < -0.3 is 5.11 Å². The average molecular weight is 272 g/mol. The van der Waals surface area contributed by atoms with Crippen LogP contribution in [0.4, 0.5) is 0 Å². The molecule has 19 heavy (non-hydrogen) atoms. The van der Waals surface area contributed by atoms with E-state index in [4.69, 9.17) is 5.26 Å². The zero-order valence-electron chi connectivity index (χ0n) is 10.0. The molecule has 0 radical (unpaired) electrons. The smallest absolute Gasteiger partial charge is 0.325 e. The molecule has 2 aromatic rings. The Bertz CT molecular complexity index is 601. The Morgan fingerprint density at radius 2 is 2.16 bits per heavy atom. The van der Waals surface area contributed by atoms with Gasteiger partial charge >= 0.3 is 5.97 Å². The summed E-state index contributed by atoms with van der Waals surface area (Å²) in [6, 6.07) is 12.1. The lowest BCUT2D eigenvalue weighted by Gasteiger charge is -2.14. The number of thiophene rings is 1. The Kier molecular flexibility index (Phi) is 4.29. The lowest BCUT2D eigenvalue weighted by Crippen LogP contribution is -2.27. The normalized spacial score (nSPS) is 11.7. The van der Waals surface area contributed by atoms with Crippen LogP contribution in [0.15, 0.2) is 41.8 Å². The summed E-state index contributed by atoms with van der Waals surface area (Å²) in [5.74, 6) is -0.914. The standard InChI is InChI=1S/C14H12N2O2S/c15-7-10-6-12(19-9-10)8-16-13(14(17)18)11-4-2-1-3-5-11/h1-6,9,13,16H,8H2,(H,17,18). The van der Waals surface area contributed by atoms with E-state index in [1.165, 1.54) is 11.3 Å². The van der Waals surface area contributed by atoms with Crippen LogP contribution in [0.2, 0.25) is 0 Å². The second kappa shape index (κ2) is 6.14. The van der Waals surface area contributed by atoms with Crippen molar-refractivity contribution in [1.82, 2.24) is 5.32 Å². The molecule has 1 aromatic heterocycles. The first-order valence-electron chi connectivity index (χ1n) is 5.69. The van der Waals surface area contributed by atoms with E-state index in [9.17, 15) is 9.90 Å². The average Bonchev–Trinajstić information content (AvgIpc) is 2.88. The zero-order chi connectivity index (χ0) is 13.7. The van der Waals surface area contributed by atoms with Gasteiger partial charge in [0.15, 0.2) is 0 Å².